The molecule has 1 N–H and O–H groups in total. The van der Waals surface area contributed by atoms with Gasteiger partial charge in [0.1, 0.15) is 11.9 Å². The molecule has 1 unspecified atom stereocenters. The fourth-order valence-corrected chi connectivity index (χ4v) is 4.20. The zero-order chi connectivity index (χ0) is 16.5. The van der Waals surface area contributed by atoms with E-state index in [-0.39, 0.29) is 6.10 Å². The molecule has 4 rings (SSSR count). The van der Waals surface area contributed by atoms with Gasteiger partial charge >= 0.3 is 0 Å². The third kappa shape index (κ3) is 2.89. The highest BCUT2D eigenvalue weighted by Gasteiger charge is 2.31. The van der Waals surface area contributed by atoms with Crippen LogP contribution in [0.2, 0.25) is 0 Å². The summed E-state index contributed by atoms with van der Waals surface area (Å²) in [6.45, 7) is 1.81. The Balaban J connectivity index is 1.46. The first kappa shape index (κ1) is 15.8. The van der Waals surface area contributed by atoms with Crippen molar-refractivity contribution in [3.63, 3.8) is 0 Å². The van der Waals surface area contributed by atoms with E-state index < -0.39 is 0 Å². The number of hydrogen-bond acceptors (Lipinski definition) is 4. The van der Waals surface area contributed by atoms with Gasteiger partial charge in [0.05, 0.1) is 6.20 Å². The minimum absolute atomic E-state index is 0.100. The van der Waals surface area contributed by atoms with Crippen molar-refractivity contribution >= 4 is 0 Å². The van der Waals surface area contributed by atoms with Crippen LogP contribution in [0.3, 0.4) is 0 Å². The minimum Gasteiger partial charge on any atom is -0.370 e. The summed E-state index contributed by atoms with van der Waals surface area (Å²) in [6, 6.07) is 0.423. The number of hydrogen-bond donors (Lipinski definition) is 1. The lowest BCUT2D eigenvalue weighted by atomic mass is 9.90. The fourth-order valence-electron chi connectivity index (χ4n) is 4.20. The first-order valence-electron chi connectivity index (χ1n) is 9.07. The summed E-state index contributed by atoms with van der Waals surface area (Å²) in [7, 11) is 4.10. The molecule has 130 valence electrons. The van der Waals surface area contributed by atoms with Crippen molar-refractivity contribution in [1.29, 1.82) is 0 Å². The number of fused-ring (bicyclic) bond motifs is 1. The van der Waals surface area contributed by atoms with Crippen molar-refractivity contribution in [2.75, 3.05) is 13.2 Å². The molecular weight excluding hydrogens is 302 g/mol. The Bertz CT molecular complexity index is 691. The lowest BCUT2D eigenvalue weighted by molar-refractivity contribution is -0.0351. The second-order valence-corrected chi connectivity index (χ2v) is 7.11. The Morgan fingerprint density at radius 2 is 2.21 bits per heavy atom. The van der Waals surface area contributed by atoms with E-state index in [1.165, 1.54) is 30.5 Å². The molecule has 1 fully saturated rings. The Labute approximate surface area is 143 Å². The highest BCUT2D eigenvalue weighted by Crippen LogP contribution is 2.34. The van der Waals surface area contributed by atoms with Crippen molar-refractivity contribution in [3.05, 3.63) is 35.7 Å². The molecule has 2 aromatic heterocycles. The van der Waals surface area contributed by atoms with Crippen molar-refractivity contribution in [2.45, 2.75) is 44.2 Å². The predicted molar refractivity (Wildman–Crippen MR) is 91.5 cm³/mol. The average Bonchev–Trinajstić information content (AvgIpc) is 3.20. The number of ether oxygens (including phenoxy) is 1. The summed E-state index contributed by atoms with van der Waals surface area (Å²) in [5.74, 6) is 1.52. The van der Waals surface area contributed by atoms with Gasteiger partial charge in [-0.3, -0.25) is 4.68 Å². The summed E-state index contributed by atoms with van der Waals surface area (Å²) in [6.07, 6.45) is 11.9. The van der Waals surface area contributed by atoms with Crippen molar-refractivity contribution < 1.29 is 4.74 Å². The molecule has 1 aliphatic heterocycles. The fraction of sp³-hybridized carbons (Fsp3) is 0.667. The maximum Gasteiger partial charge on any atom is 0.137 e. The Hall–Kier alpha value is -1.66. The van der Waals surface area contributed by atoms with Crippen molar-refractivity contribution in [1.82, 2.24) is 24.6 Å². The van der Waals surface area contributed by atoms with E-state index in [0.717, 1.165) is 31.8 Å². The third-order valence-corrected chi connectivity index (χ3v) is 5.56. The van der Waals surface area contributed by atoms with Gasteiger partial charge in [0.15, 0.2) is 0 Å². The molecule has 6 nitrogen and oxygen atoms in total. The van der Waals surface area contributed by atoms with E-state index >= 15 is 0 Å². The Kier molecular flexibility index (Phi) is 4.41. The summed E-state index contributed by atoms with van der Waals surface area (Å²) < 4.78 is 10.2. The summed E-state index contributed by atoms with van der Waals surface area (Å²) in [4.78, 5) is 4.52. The number of nitrogens with zero attached hydrogens (tertiary/aromatic N) is 4. The molecule has 1 aliphatic carbocycles. The number of nitrogens with one attached hydrogen (secondary N) is 1. The zero-order valence-corrected chi connectivity index (χ0v) is 14.6. The van der Waals surface area contributed by atoms with Crippen LogP contribution in [0.5, 0.6) is 0 Å². The summed E-state index contributed by atoms with van der Waals surface area (Å²) >= 11 is 0. The molecule has 0 bridgehead atoms. The Morgan fingerprint density at radius 3 is 3.04 bits per heavy atom. The lowest BCUT2D eigenvalue weighted by Crippen LogP contribution is -2.35. The maximum atomic E-state index is 6.09. The normalized spacial score (nSPS) is 27.2. The maximum absolute atomic E-state index is 6.09. The summed E-state index contributed by atoms with van der Waals surface area (Å²) in [5.41, 5.74) is 2.77. The Morgan fingerprint density at radius 1 is 1.29 bits per heavy atom. The monoisotopic (exact) mass is 329 g/mol. The second kappa shape index (κ2) is 6.69. The van der Waals surface area contributed by atoms with Crippen LogP contribution in [0.1, 0.15) is 54.9 Å². The number of rotatable bonds is 4. The van der Waals surface area contributed by atoms with Crippen LogP contribution in [0.4, 0.5) is 0 Å². The first-order chi connectivity index (χ1) is 11.7. The van der Waals surface area contributed by atoms with E-state index in [1.807, 2.05) is 37.4 Å². The molecule has 6 heteroatoms. The van der Waals surface area contributed by atoms with Crippen LogP contribution in [0.25, 0.3) is 0 Å². The molecule has 3 heterocycles. The van der Waals surface area contributed by atoms with Crippen molar-refractivity contribution in [2.24, 2.45) is 20.0 Å². The molecule has 0 radical (unpaired) electrons. The SMILES string of the molecule is Cn1ccnc1[C@@H]1OCCC[C@H]1CNC1CCCc2c1cnn2C. The zero-order valence-electron chi connectivity index (χ0n) is 14.6. The van der Waals surface area contributed by atoms with Crippen LogP contribution >= 0.6 is 0 Å². The van der Waals surface area contributed by atoms with Crippen molar-refractivity contribution in [3.8, 4) is 0 Å². The molecule has 0 spiro atoms. The van der Waals surface area contributed by atoms with E-state index in [0.29, 0.717) is 12.0 Å². The van der Waals surface area contributed by atoms with Gasteiger partial charge in [-0.05, 0) is 32.1 Å². The second-order valence-electron chi connectivity index (χ2n) is 7.11. The standard InChI is InChI=1S/C18H27N5O/c1-22-9-8-19-18(22)17-13(5-4-10-24-17)11-20-15-6-3-7-16-14(15)12-21-23(16)2/h8-9,12-13,15,17,20H,3-7,10-11H2,1-2H3/t13-,15?,17+/m0/s1. The van der Waals surface area contributed by atoms with Gasteiger partial charge in [-0.15, -0.1) is 0 Å². The van der Waals surface area contributed by atoms with Crippen LogP contribution in [0, 0.1) is 5.92 Å². The highest BCUT2D eigenvalue weighted by atomic mass is 16.5. The smallest absolute Gasteiger partial charge is 0.137 e. The third-order valence-electron chi connectivity index (χ3n) is 5.56. The van der Waals surface area contributed by atoms with E-state index in [9.17, 15) is 0 Å². The highest BCUT2D eigenvalue weighted by molar-refractivity contribution is 5.24. The topological polar surface area (TPSA) is 56.9 Å². The van der Waals surface area contributed by atoms with E-state index in [2.05, 4.69) is 20.0 Å². The minimum atomic E-state index is 0.100. The van der Waals surface area contributed by atoms with Gasteiger partial charge in [0.25, 0.3) is 0 Å². The van der Waals surface area contributed by atoms with Gasteiger partial charge < -0.3 is 14.6 Å². The largest absolute Gasteiger partial charge is 0.370 e. The molecule has 3 atom stereocenters. The van der Waals surface area contributed by atoms with Crippen LogP contribution in [0.15, 0.2) is 18.6 Å². The quantitative estimate of drug-likeness (QED) is 0.935. The number of aromatic nitrogens is 4. The number of aryl methyl sites for hydroxylation is 2. The molecule has 0 aromatic carbocycles. The molecule has 0 amide bonds. The first-order valence-corrected chi connectivity index (χ1v) is 9.07. The molecular formula is C18H27N5O. The van der Waals surface area contributed by atoms with Crippen LogP contribution < -0.4 is 5.32 Å². The average molecular weight is 329 g/mol. The van der Waals surface area contributed by atoms with Gasteiger partial charge in [-0.25, -0.2) is 4.98 Å². The summed E-state index contributed by atoms with van der Waals surface area (Å²) in [5, 5.41) is 8.25. The van der Waals surface area contributed by atoms with Gasteiger partial charge in [-0.2, -0.15) is 5.10 Å². The van der Waals surface area contributed by atoms with E-state index in [1.54, 1.807) is 0 Å². The van der Waals surface area contributed by atoms with Gasteiger partial charge in [0.2, 0.25) is 0 Å². The molecule has 24 heavy (non-hydrogen) atoms. The molecule has 2 aliphatic rings. The van der Waals surface area contributed by atoms with E-state index in [4.69, 9.17) is 4.74 Å². The van der Waals surface area contributed by atoms with Crippen LogP contribution in [-0.4, -0.2) is 32.5 Å². The number of imidazole rings is 1. The molecule has 2 aromatic rings. The van der Waals surface area contributed by atoms with Crippen LogP contribution in [-0.2, 0) is 25.3 Å². The van der Waals surface area contributed by atoms with Gasteiger partial charge in [-0.1, -0.05) is 0 Å². The molecule has 0 saturated carbocycles. The predicted octanol–water partition coefficient (Wildman–Crippen LogP) is 2.29. The molecule has 1 saturated heterocycles. The van der Waals surface area contributed by atoms with Gasteiger partial charge in [0, 0.05) is 62.9 Å². The lowest BCUT2D eigenvalue weighted by Gasteiger charge is -2.33.